The van der Waals surface area contributed by atoms with Crippen molar-refractivity contribution in [1.82, 2.24) is 10.2 Å². The van der Waals surface area contributed by atoms with Gasteiger partial charge in [0.15, 0.2) is 0 Å². The monoisotopic (exact) mass is 292 g/mol. The number of ether oxygens (including phenoxy) is 2. The van der Waals surface area contributed by atoms with Gasteiger partial charge in [0.2, 0.25) is 0 Å². The molecule has 1 N–H and O–H groups in total. The van der Waals surface area contributed by atoms with Gasteiger partial charge in [0.05, 0.1) is 19.8 Å². The Hall–Kier alpha value is -1.10. The van der Waals surface area contributed by atoms with Crippen LogP contribution in [0.25, 0.3) is 0 Å². The van der Waals surface area contributed by atoms with Crippen molar-refractivity contribution in [2.45, 2.75) is 31.9 Å². The molecule has 21 heavy (non-hydrogen) atoms. The summed E-state index contributed by atoms with van der Waals surface area (Å²) in [4.78, 5) is 2.55. The molecule has 0 aromatic heterocycles. The molecule has 1 saturated heterocycles. The molecule has 0 amide bonds. The lowest BCUT2D eigenvalue weighted by Gasteiger charge is -2.37. The Morgan fingerprint density at radius 1 is 1.38 bits per heavy atom. The SMILES string of the molecule is CNCC1CN(C(C)CCc2ccc(OC)cc2)CCO1. The highest BCUT2D eigenvalue weighted by molar-refractivity contribution is 5.27. The quantitative estimate of drug-likeness (QED) is 0.833. The number of benzene rings is 1. The summed E-state index contributed by atoms with van der Waals surface area (Å²) in [6, 6.07) is 8.99. The third-order valence-electron chi connectivity index (χ3n) is 4.24. The van der Waals surface area contributed by atoms with Crippen LogP contribution in [0, 0.1) is 0 Å². The number of rotatable bonds is 7. The molecule has 2 unspecified atom stereocenters. The summed E-state index contributed by atoms with van der Waals surface area (Å²) in [5, 5.41) is 3.20. The number of nitrogens with one attached hydrogen (secondary N) is 1. The van der Waals surface area contributed by atoms with Gasteiger partial charge in [-0.2, -0.15) is 0 Å². The fourth-order valence-corrected chi connectivity index (χ4v) is 2.84. The summed E-state index contributed by atoms with van der Waals surface area (Å²) >= 11 is 0. The van der Waals surface area contributed by atoms with Gasteiger partial charge in [-0.05, 0) is 44.5 Å². The predicted molar refractivity (Wildman–Crippen MR) is 86.0 cm³/mol. The van der Waals surface area contributed by atoms with Crippen LogP contribution >= 0.6 is 0 Å². The van der Waals surface area contributed by atoms with Gasteiger partial charge in [0.1, 0.15) is 5.75 Å². The average Bonchev–Trinajstić information content (AvgIpc) is 2.53. The Bertz CT molecular complexity index is 406. The molecular formula is C17H28N2O2. The molecule has 1 aromatic rings. The normalized spacial score (nSPS) is 21.2. The highest BCUT2D eigenvalue weighted by atomic mass is 16.5. The molecule has 0 spiro atoms. The van der Waals surface area contributed by atoms with Gasteiger partial charge in [-0.3, -0.25) is 4.90 Å². The maximum absolute atomic E-state index is 5.77. The van der Waals surface area contributed by atoms with Gasteiger partial charge in [-0.15, -0.1) is 0 Å². The molecule has 1 heterocycles. The first-order valence-corrected chi connectivity index (χ1v) is 7.86. The lowest BCUT2D eigenvalue weighted by molar-refractivity contribution is -0.0397. The summed E-state index contributed by atoms with van der Waals surface area (Å²) < 4.78 is 11.0. The first kappa shape index (κ1) is 16.3. The van der Waals surface area contributed by atoms with Crippen molar-refractivity contribution in [3.8, 4) is 5.75 Å². The summed E-state index contributed by atoms with van der Waals surface area (Å²) in [6.45, 7) is 6.18. The number of morpholine rings is 1. The molecule has 2 atom stereocenters. The summed E-state index contributed by atoms with van der Waals surface area (Å²) in [5.41, 5.74) is 1.38. The lowest BCUT2D eigenvalue weighted by atomic mass is 10.0. The van der Waals surface area contributed by atoms with Crippen molar-refractivity contribution in [3.05, 3.63) is 29.8 Å². The third kappa shape index (κ3) is 4.99. The second-order valence-electron chi connectivity index (χ2n) is 5.78. The Labute approximate surface area is 128 Å². The van der Waals surface area contributed by atoms with Gasteiger partial charge in [0, 0.05) is 25.7 Å². The van der Waals surface area contributed by atoms with Crippen LogP contribution in [0.1, 0.15) is 18.9 Å². The lowest BCUT2D eigenvalue weighted by Crippen LogP contribution is -2.49. The molecule has 1 aromatic carbocycles. The van der Waals surface area contributed by atoms with E-state index in [0.717, 1.165) is 38.4 Å². The topological polar surface area (TPSA) is 33.7 Å². The van der Waals surface area contributed by atoms with E-state index in [1.54, 1.807) is 7.11 Å². The Morgan fingerprint density at radius 2 is 2.14 bits per heavy atom. The van der Waals surface area contributed by atoms with Gasteiger partial charge in [-0.25, -0.2) is 0 Å². The van der Waals surface area contributed by atoms with E-state index in [4.69, 9.17) is 9.47 Å². The fourth-order valence-electron chi connectivity index (χ4n) is 2.84. The Kier molecular flexibility index (Phi) is 6.49. The zero-order valence-electron chi connectivity index (χ0n) is 13.5. The molecule has 0 aliphatic carbocycles. The molecule has 0 saturated carbocycles. The van der Waals surface area contributed by atoms with Crippen molar-refractivity contribution in [1.29, 1.82) is 0 Å². The highest BCUT2D eigenvalue weighted by Crippen LogP contribution is 2.16. The van der Waals surface area contributed by atoms with E-state index in [9.17, 15) is 0 Å². The van der Waals surface area contributed by atoms with Crippen LogP contribution < -0.4 is 10.1 Å². The molecule has 0 bridgehead atoms. The van der Waals surface area contributed by atoms with E-state index in [0.29, 0.717) is 12.1 Å². The number of methoxy groups -OCH3 is 1. The van der Waals surface area contributed by atoms with E-state index in [-0.39, 0.29) is 0 Å². The molecule has 4 heteroatoms. The smallest absolute Gasteiger partial charge is 0.118 e. The molecule has 1 aliphatic heterocycles. The zero-order chi connectivity index (χ0) is 15.1. The predicted octanol–water partition coefficient (Wildman–Crippen LogP) is 1.94. The largest absolute Gasteiger partial charge is 0.497 e. The molecule has 0 radical (unpaired) electrons. The minimum absolute atomic E-state index is 0.326. The van der Waals surface area contributed by atoms with Crippen molar-refractivity contribution in [2.24, 2.45) is 0 Å². The van der Waals surface area contributed by atoms with Gasteiger partial charge in [-0.1, -0.05) is 12.1 Å². The van der Waals surface area contributed by atoms with Crippen LogP contribution in [0.2, 0.25) is 0 Å². The van der Waals surface area contributed by atoms with E-state index in [2.05, 4.69) is 29.3 Å². The van der Waals surface area contributed by atoms with Crippen LogP contribution in [-0.2, 0) is 11.2 Å². The molecule has 2 rings (SSSR count). The average molecular weight is 292 g/mol. The second kappa shape index (κ2) is 8.37. The number of nitrogens with zero attached hydrogens (tertiary/aromatic N) is 1. The highest BCUT2D eigenvalue weighted by Gasteiger charge is 2.23. The molecule has 1 aliphatic rings. The van der Waals surface area contributed by atoms with Crippen molar-refractivity contribution < 1.29 is 9.47 Å². The Morgan fingerprint density at radius 3 is 2.81 bits per heavy atom. The summed E-state index contributed by atoms with van der Waals surface area (Å²) in [5.74, 6) is 0.926. The van der Waals surface area contributed by atoms with Crippen LogP contribution in [0.5, 0.6) is 5.75 Å². The van der Waals surface area contributed by atoms with Crippen LogP contribution in [0.15, 0.2) is 24.3 Å². The number of hydrogen-bond donors (Lipinski definition) is 1. The van der Waals surface area contributed by atoms with E-state index >= 15 is 0 Å². The first-order chi connectivity index (χ1) is 10.2. The molecule has 1 fully saturated rings. The zero-order valence-corrected chi connectivity index (χ0v) is 13.5. The van der Waals surface area contributed by atoms with Crippen molar-refractivity contribution in [3.63, 3.8) is 0 Å². The molecular weight excluding hydrogens is 264 g/mol. The minimum Gasteiger partial charge on any atom is -0.497 e. The van der Waals surface area contributed by atoms with Crippen LogP contribution in [0.3, 0.4) is 0 Å². The van der Waals surface area contributed by atoms with Gasteiger partial charge < -0.3 is 14.8 Å². The van der Waals surface area contributed by atoms with Gasteiger partial charge >= 0.3 is 0 Å². The summed E-state index contributed by atoms with van der Waals surface area (Å²) in [6.07, 6.45) is 2.62. The van der Waals surface area contributed by atoms with E-state index in [1.807, 2.05) is 19.2 Å². The number of likely N-dealkylation sites (N-methyl/N-ethyl adjacent to an activating group) is 1. The Balaban J connectivity index is 1.78. The van der Waals surface area contributed by atoms with Crippen molar-refractivity contribution in [2.75, 3.05) is 40.4 Å². The maximum atomic E-state index is 5.77. The van der Waals surface area contributed by atoms with E-state index < -0.39 is 0 Å². The molecule has 4 nitrogen and oxygen atoms in total. The van der Waals surface area contributed by atoms with Crippen LogP contribution in [0.4, 0.5) is 0 Å². The summed E-state index contributed by atoms with van der Waals surface area (Å²) in [7, 11) is 3.69. The van der Waals surface area contributed by atoms with E-state index in [1.165, 1.54) is 12.0 Å². The minimum atomic E-state index is 0.326. The number of hydrogen-bond acceptors (Lipinski definition) is 4. The number of aryl methyl sites for hydroxylation is 1. The second-order valence-corrected chi connectivity index (χ2v) is 5.78. The van der Waals surface area contributed by atoms with Gasteiger partial charge in [0.25, 0.3) is 0 Å². The maximum Gasteiger partial charge on any atom is 0.118 e. The van der Waals surface area contributed by atoms with Crippen LogP contribution in [-0.4, -0.2) is 57.4 Å². The first-order valence-electron chi connectivity index (χ1n) is 7.86. The third-order valence-corrected chi connectivity index (χ3v) is 4.24. The van der Waals surface area contributed by atoms with Crippen molar-refractivity contribution >= 4 is 0 Å². The fraction of sp³-hybridized carbons (Fsp3) is 0.647. The standard InChI is InChI=1S/C17H28N2O2/c1-14(19-10-11-21-17(13-19)12-18-2)4-5-15-6-8-16(20-3)9-7-15/h6-9,14,17-18H,4-5,10-13H2,1-3H3. The molecule has 118 valence electrons.